The van der Waals surface area contributed by atoms with Crippen molar-refractivity contribution in [3.8, 4) is 0 Å². The largest absolute Gasteiger partial charge is 0.397 e. The minimum Gasteiger partial charge on any atom is -0.397 e. The van der Waals surface area contributed by atoms with Crippen LogP contribution in [0.3, 0.4) is 0 Å². The molecule has 3 N–H and O–H groups in total. The van der Waals surface area contributed by atoms with Gasteiger partial charge < -0.3 is 16.0 Å². The molecule has 0 aliphatic rings. The van der Waals surface area contributed by atoms with Gasteiger partial charge in [-0.25, -0.2) is 0 Å². The van der Waals surface area contributed by atoms with Gasteiger partial charge in [0.25, 0.3) is 0 Å². The summed E-state index contributed by atoms with van der Waals surface area (Å²) in [7, 11) is 4.15. The molecule has 0 saturated heterocycles. The van der Waals surface area contributed by atoms with Crippen molar-refractivity contribution in [1.82, 2.24) is 4.90 Å². The van der Waals surface area contributed by atoms with Crippen LogP contribution in [0.1, 0.15) is 13.8 Å². The molecule has 1 aromatic carbocycles. The van der Waals surface area contributed by atoms with Gasteiger partial charge in [0.05, 0.1) is 11.4 Å². The number of hydrogen-bond acceptors (Lipinski definition) is 3. The van der Waals surface area contributed by atoms with E-state index in [1.807, 2.05) is 18.2 Å². The minimum atomic E-state index is 0.0920. The quantitative estimate of drug-likeness (QED) is 0.836. The van der Waals surface area contributed by atoms with Gasteiger partial charge in [0.2, 0.25) is 0 Å². The number of nitrogen functional groups attached to an aromatic ring is 1. The van der Waals surface area contributed by atoms with E-state index in [1.165, 1.54) is 0 Å². The normalized spacial score (nSPS) is 11.9. The molecule has 0 saturated carbocycles. The fourth-order valence-corrected chi connectivity index (χ4v) is 1.51. The molecule has 16 heavy (non-hydrogen) atoms. The lowest BCUT2D eigenvalue weighted by atomic mass is 10.0. The van der Waals surface area contributed by atoms with E-state index in [9.17, 15) is 0 Å². The molecule has 0 heterocycles. The van der Waals surface area contributed by atoms with Gasteiger partial charge in [-0.3, -0.25) is 0 Å². The number of nitrogens with zero attached hydrogens (tertiary/aromatic N) is 1. The summed E-state index contributed by atoms with van der Waals surface area (Å²) in [6.45, 7) is 5.23. The van der Waals surface area contributed by atoms with Crippen LogP contribution in [0.5, 0.6) is 0 Å². The van der Waals surface area contributed by atoms with Crippen LogP contribution in [0, 0.1) is 0 Å². The Morgan fingerprint density at radius 1 is 1.38 bits per heavy atom. The van der Waals surface area contributed by atoms with Crippen LogP contribution in [0.25, 0.3) is 0 Å². The topological polar surface area (TPSA) is 41.3 Å². The monoisotopic (exact) mass is 285 g/mol. The third-order valence-corrected chi connectivity index (χ3v) is 3.43. The summed E-state index contributed by atoms with van der Waals surface area (Å²) in [6.07, 6.45) is 0. The van der Waals surface area contributed by atoms with Crippen molar-refractivity contribution in [3.63, 3.8) is 0 Å². The number of nitrogens with one attached hydrogen (secondary N) is 1. The molecule has 0 aromatic heterocycles. The highest BCUT2D eigenvalue weighted by molar-refractivity contribution is 9.10. The summed E-state index contributed by atoms with van der Waals surface area (Å²) in [5.41, 5.74) is 7.74. The zero-order chi connectivity index (χ0) is 12.3. The third kappa shape index (κ3) is 3.39. The number of hydrogen-bond donors (Lipinski definition) is 2. The molecule has 0 unspecified atom stereocenters. The SMILES string of the molecule is CN(C)C(C)(C)CNc1cc(Br)ccc1N. The summed E-state index contributed by atoms with van der Waals surface area (Å²) < 4.78 is 1.03. The van der Waals surface area contributed by atoms with E-state index in [-0.39, 0.29) is 5.54 Å². The molecule has 90 valence electrons. The van der Waals surface area contributed by atoms with Crippen molar-refractivity contribution < 1.29 is 0 Å². The van der Waals surface area contributed by atoms with Crippen molar-refractivity contribution in [2.75, 3.05) is 31.7 Å². The van der Waals surface area contributed by atoms with Crippen LogP contribution < -0.4 is 11.1 Å². The van der Waals surface area contributed by atoms with Gasteiger partial charge >= 0.3 is 0 Å². The first-order valence-electron chi connectivity index (χ1n) is 5.29. The number of likely N-dealkylation sites (N-methyl/N-ethyl adjacent to an activating group) is 1. The molecule has 0 atom stereocenters. The van der Waals surface area contributed by atoms with Gasteiger partial charge in [0.1, 0.15) is 0 Å². The highest BCUT2D eigenvalue weighted by Gasteiger charge is 2.20. The summed E-state index contributed by atoms with van der Waals surface area (Å²) in [5, 5.41) is 3.38. The van der Waals surface area contributed by atoms with E-state index in [0.717, 1.165) is 22.4 Å². The average Bonchev–Trinajstić information content (AvgIpc) is 2.19. The van der Waals surface area contributed by atoms with Crippen LogP contribution in [0.4, 0.5) is 11.4 Å². The van der Waals surface area contributed by atoms with Gasteiger partial charge in [-0.2, -0.15) is 0 Å². The van der Waals surface area contributed by atoms with E-state index in [2.05, 4.69) is 54.1 Å². The maximum atomic E-state index is 5.90. The fraction of sp³-hybridized carbons (Fsp3) is 0.500. The Hall–Kier alpha value is -0.740. The molecule has 0 spiro atoms. The second kappa shape index (κ2) is 5.06. The Kier molecular flexibility index (Phi) is 4.21. The van der Waals surface area contributed by atoms with Gasteiger partial charge in [0, 0.05) is 16.6 Å². The molecule has 0 fully saturated rings. The maximum absolute atomic E-state index is 5.90. The molecule has 0 aliphatic heterocycles. The predicted octanol–water partition coefficient (Wildman–Crippen LogP) is 2.78. The van der Waals surface area contributed by atoms with Crippen LogP contribution >= 0.6 is 15.9 Å². The molecular formula is C12H20BrN3. The van der Waals surface area contributed by atoms with E-state index in [4.69, 9.17) is 5.73 Å². The lowest BCUT2D eigenvalue weighted by Crippen LogP contribution is -2.44. The Morgan fingerprint density at radius 3 is 2.56 bits per heavy atom. The summed E-state index contributed by atoms with van der Waals surface area (Å²) in [6, 6.07) is 5.84. The van der Waals surface area contributed by atoms with Crippen LogP contribution in [0.2, 0.25) is 0 Å². The fourth-order valence-electron chi connectivity index (χ4n) is 1.15. The van der Waals surface area contributed by atoms with Crippen molar-refractivity contribution in [3.05, 3.63) is 22.7 Å². The van der Waals surface area contributed by atoms with Gasteiger partial charge in [-0.1, -0.05) is 15.9 Å². The summed E-state index contributed by atoms with van der Waals surface area (Å²) >= 11 is 3.44. The lowest BCUT2D eigenvalue weighted by Gasteiger charge is -2.33. The Morgan fingerprint density at radius 2 is 2.00 bits per heavy atom. The van der Waals surface area contributed by atoms with Gasteiger partial charge in [-0.05, 0) is 46.1 Å². The summed E-state index contributed by atoms with van der Waals surface area (Å²) in [5.74, 6) is 0. The van der Waals surface area contributed by atoms with E-state index in [1.54, 1.807) is 0 Å². The molecule has 1 rings (SSSR count). The second-order valence-electron chi connectivity index (χ2n) is 4.79. The first-order chi connectivity index (χ1) is 7.33. The third-order valence-electron chi connectivity index (χ3n) is 2.94. The zero-order valence-electron chi connectivity index (χ0n) is 10.3. The molecule has 0 radical (unpaired) electrons. The Balaban J connectivity index is 2.71. The molecule has 4 heteroatoms. The van der Waals surface area contributed by atoms with Crippen molar-refractivity contribution in [1.29, 1.82) is 0 Å². The molecule has 3 nitrogen and oxygen atoms in total. The molecule has 0 bridgehead atoms. The van der Waals surface area contributed by atoms with Crippen molar-refractivity contribution in [2.24, 2.45) is 0 Å². The molecular weight excluding hydrogens is 266 g/mol. The number of rotatable bonds is 4. The maximum Gasteiger partial charge on any atom is 0.0585 e. The van der Waals surface area contributed by atoms with Crippen LogP contribution in [-0.2, 0) is 0 Å². The van der Waals surface area contributed by atoms with E-state index >= 15 is 0 Å². The van der Waals surface area contributed by atoms with Gasteiger partial charge in [0.15, 0.2) is 0 Å². The highest BCUT2D eigenvalue weighted by atomic mass is 79.9. The number of benzene rings is 1. The van der Waals surface area contributed by atoms with Crippen molar-refractivity contribution in [2.45, 2.75) is 19.4 Å². The average molecular weight is 286 g/mol. The Labute approximate surface area is 106 Å². The van der Waals surface area contributed by atoms with E-state index < -0.39 is 0 Å². The number of anilines is 2. The first kappa shape index (κ1) is 13.3. The number of nitrogens with two attached hydrogens (primary N) is 1. The zero-order valence-corrected chi connectivity index (χ0v) is 11.9. The Bertz CT molecular complexity index is 361. The van der Waals surface area contributed by atoms with Gasteiger partial charge in [-0.15, -0.1) is 0 Å². The smallest absolute Gasteiger partial charge is 0.0585 e. The molecule has 1 aromatic rings. The van der Waals surface area contributed by atoms with E-state index in [0.29, 0.717) is 0 Å². The first-order valence-corrected chi connectivity index (χ1v) is 6.08. The standard InChI is InChI=1S/C12H20BrN3/c1-12(2,16(3)4)8-15-11-7-9(13)5-6-10(11)14/h5-7,15H,8,14H2,1-4H3. The number of halogens is 1. The van der Waals surface area contributed by atoms with Crippen LogP contribution in [-0.4, -0.2) is 31.1 Å². The molecule has 0 aliphatic carbocycles. The minimum absolute atomic E-state index is 0.0920. The van der Waals surface area contributed by atoms with Crippen molar-refractivity contribution >= 4 is 27.3 Å². The highest BCUT2D eigenvalue weighted by Crippen LogP contribution is 2.24. The molecule has 0 amide bonds. The summed E-state index contributed by atoms with van der Waals surface area (Å²) in [4.78, 5) is 2.19. The lowest BCUT2D eigenvalue weighted by molar-refractivity contribution is 0.210. The second-order valence-corrected chi connectivity index (χ2v) is 5.71. The predicted molar refractivity (Wildman–Crippen MR) is 74.8 cm³/mol. The van der Waals surface area contributed by atoms with Crippen LogP contribution in [0.15, 0.2) is 22.7 Å².